The SMILES string of the molecule is CC1C(C)C(C)C(C)C1C.O[Si]1(C2CCCC2)O[Si]2(C3CCCC3)O[Si](O)(C3CCCC3)O[Si]3(C4CCCC4)O[Si](O)(C4CCCC4)O[Si](C4CCCC4)(O1)O[Si](C1CCCC1)(O2)O3.[Ti]. The normalized spacial score (nSPS) is 48.8. The van der Waals surface area contributed by atoms with E-state index in [9.17, 15) is 14.4 Å². The standard InChI is InChI=1S/C35H66O12Si7.C10H20.Ti/c36-48(29-15-1-2-16-29)39-51(32-21-7-8-22-32)41-49(37,30-17-3-4-18-30)43-53(34-25-11-12-26-34)44-50(38,31-19-5-6-20-31)42-52(40-48,33-23-9-10-24-33)46-54(45-51,47-53)35-27-13-14-28-35;1-6-7(2)9(4)10(5)8(6)3;/h29-38H,1-28H2;6-10H,1-5H3;. The molecule has 0 atom stereocenters. The number of fused-ring (bicyclic) bond motifs is 3. The molecule has 0 unspecified atom stereocenters. The van der Waals surface area contributed by atoms with Crippen LogP contribution in [0.5, 0.6) is 0 Å². The maximum Gasteiger partial charge on any atom is 0.486 e. The Balaban J connectivity index is 0.000000431. The number of hydrogen-bond donors (Lipinski definition) is 3. The van der Waals surface area contributed by atoms with Gasteiger partial charge in [-0.2, -0.15) is 0 Å². The van der Waals surface area contributed by atoms with Crippen molar-refractivity contribution in [2.45, 2.75) is 253 Å². The zero-order valence-corrected chi connectivity index (χ0v) is 49.3. The zero-order chi connectivity index (χ0) is 44.6. The maximum absolute atomic E-state index is 13.6. The van der Waals surface area contributed by atoms with E-state index in [2.05, 4.69) is 34.6 Å². The molecule has 3 saturated heterocycles. The van der Waals surface area contributed by atoms with Crippen LogP contribution in [-0.2, 0) is 58.8 Å². The fraction of sp³-hybridized carbons (Fsp3) is 1.00. The molecule has 4 bridgehead atoms. The molecule has 0 amide bonds. The fourth-order valence-corrected chi connectivity index (χ4v) is 57.6. The van der Waals surface area contributed by atoms with Crippen LogP contribution in [-0.4, -0.2) is 76.0 Å². The van der Waals surface area contributed by atoms with Gasteiger partial charge in [0.05, 0.1) is 0 Å². The minimum Gasteiger partial charge on any atom is -0.390 e. The molecular weight excluding hydrogens is 977 g/mol. The van der Waals surface area contributed by atoms with E-state index in [1.807, 2.05) is 0 Å². The van der Waals surface area contributed by atoms with Crippen LogP contribution in [0.4, 0.5) is 0 Å². The van der Waals surface area contributed by atoms with Gasteiger partial charge in [-0.15, -0.1) is 0 Å². The molecule has 370 valence electrons. The van der Waals surface area contributed by atoms with Crippen molar-refractivity contribution in [1.82, 2.24) is 0 Å². The van der Waals surface area contributed by atoms with Crippen LogP contribution < -0.4 is 0 Å². The Morgan fingerprint density at radius 1 is 0.246 bits per heavy atom. The predicted molar refractivity (Wildman–Crippen MR) is 258 cm³/mol. The molecule has 8 saturated carbocycles. The smallest absolute Gasteiger partial charge is 0.390 e. The summed E-state index contributed by atoms with van der Waals surface area (Å²) in [5, 5.41) is 0. The summed E-state index contributed by atoms with van der Waals surface area (Å²) in [6, 6.07) is 0. The Kier molecular flexibility index (Phi) is 16.1. The maximum atomic E-state index is 13.6. The van der Waals surface area contributed by atoms with Crippen molar-refractivity contribution >= 4 is 61.6 Å². The second-order valence-electron chi connectivity index (χ2n) is 23.4. The summed E-state index contributed by atoms with van der Waals surface area (Å²) in [5.41, 5.74) is -1.09. The van der Waals surface area contributed by atoms with Gasteiger partial charge in [-0.3, -0.25) is 0 Å². The molecule has 3 N–H and O–H groups in total. The second kappa shape index (κ2) is 20.2. The van der Waals surface area contributed by atoms with Crippen LogP contribution in [0.25, 0.3) is 0 Å². The molecule has 3 heterocycles. The summed E-state index contributed by atoms with van der Waals surface area (Å²) < 4.78 is 69.7. The van der Waals surface area contributed by atoms with Crippen LogP contribution in [0.1, 0.15) is 214 Å². The number of rotatable bonds is 7. The van der Waals surface area contributed by atoms with Gasteiger partial charge in [0.2, 0.25) is 0 Å². The first-order valence-electron chi connectivity index (χ1n) is 27.1. The molecule has 3 aliphatic heterocycles. The zero-order valence-electron chi connectivity index (χ0n) is 40.7. The van der Waals surface area contributed by atoms with Crippen LogP contribution in [0.3, 0.4) is 0 Å². The molecule has 11 fully saturated rings. The average Bonchev–Trinajstić information content (AvgIpc) is 4.12. The molecule has 0 aromatic rings. The molecule has 11 aliphatic rings. The molecule has 0 radical (unpaired) electrons. The van der Waals surface area contributed by atoms with Gasteiger partial charge < -0.3 is 51.4 Å². The van der Waals surface area contributed by atoms with Crippen molar-refractivity contribution in [3.05, 3.63) is 0 Å². The molecule has 11 rings (SSSR count). The molecule has 0 spiro atoms. The quantitative estimate of drug-likeness (QED) is 0.209. The van der Waals surface area contributed by atoms with Gasteiger partial charge in [-0.25, -0.2) is 0 Å². The summed E-state index contributed by atoms with van der Waals surface area (Å²) >= 11 is 0. The van der Waals surface area contributed by atoms with E-state index in [1.54, 1.807) is 0 Å². The molecule has 20 heteroatoms. The predicted octanol–water partition coefficient (Wildman–Crippen LogP) is 11.5. The van der Waals surface area contributed by atoms with Crippen LogP contribution in [0.15, 0.2) is 0 Å². The first kappa shape index (κ1) is 51.6. The van der Waals surface area contributed by atoms with Crippen LogP contribution in [0, 0.1) is 29.6 Å². The van der Waals surface area contributed by atoms with Gasteiger partial charge in [0.1, 0.15) is 0 Å². The minimum absolute atomic E-state index is 0. The van der Waals surface area contributed by atoms with E-state index in [4.69, 9.17) is 37.0 Å². The summed E-state index contributed by atoms with van der Waals surface area (Å²) in [7, 11) is -29.1. The Bertz CT molecular complexity index is 1390. The van der Waals surface area contributed by atoms with Crippen molar-refractivity contribution < 1.29 is 73.1 Å². The number of hydrogen-bond acceptors (Lipinski definition) is 12. The van der Waals surface area contributed by atoms with E-state index in [0.29, 0.717) is 0 Å². The summed E-state index contributed by atoms with van der Waals surface area (Å²) in [6.07, 6.45) is 25.6. The third kappa shape index (κ3) is 9.61. The fourth-order valence-electron chi connectivity index (χ4n) is 15.0. The first-order chi connectivity index (χ1) is 30.7. The molecule has 8 aliphatic carbocycles. The van der Waals surface area contributed by atoms with Crippen molar-refractivity contribution in [3.8, 4) is 0 Å². The van der Waals surface area contributed by atoms with E-state index in [1.165, 1.54) is 0 Å². The third-order valence-electron chi connectivity index (χ3n) is 19.8. The molecule has 65 heavy (non-hydrogen) atoms. The van der Waals surface area contributed by atoms with E-state index in [-0.39, 0.29) is 60.5 Å². The van der Waals surface area contributed by atoms with Gasteiger partial charge in [-0.05, 0) is 119 Å². The molecule has 0 aromatic carbocycles. The summed E-state index contributed by atoms with van der Waals surface area (Å²) in [6.45, 7) is 12.0. The largest absolute Gasteiger partial charge is 0.486 e. The van der Waals surface area contributed by atoms with Crippen molar-refractivity contribution in [1.29, 1.82) is 0 Å². The van der Waals surface area contributed by atoms with E-state index < -0.39 is 61.6 Å². The summed E-state index contributed by atoms with van der Waals surface area (Å²) in [5.74, 6) is 4.68. The van der Waals surface area contributed by atoms with Gasteiger partial charge >= 0.3 is 61.6 Å². The monoisotopic (exact) mass is 1060 g/mol. The van der Waals surface area contributed by atoms with Gasteiger partial charge in [-0.1, -0.05) is 125 Å². The van der Waals surface area contributed by atoms with Crippen molar-refractivity contribution in [2.24, 2.45) is 29.6 Å². The molecule has 12 nitrogen and oxygen atoms in total. The first-order valence-corrected chi connectivity index (χ1v) is 39.9. The Hall–Kier alpha value is 1.75. The Labute approximate surface area is 414 Å². The van der Waals surface area contributed by atoms with Gasteiger partial charge in [0.25, 0.3) is 0 Å². The van der Waals surface area contributed by atoms with Crippen molar-refractivity contribution in [2.75, 3.05) is 0 Å². The van der Waals surface area contributed by atoms with Gasteiger partial charge in [0.15, 0.2) is 0 Å². The molecule has 0 aromatic heterocycles. The Morgan fingerprint density at radius 2 is 0.385 bits per heavy atom. The molecular formula is C45H86O12Si7Ti. The third-order valence-corrected chi connectivity index (χ3v) is 51.6. The minimum atomic E-state index is -4.28. The van der Waals surface area contributed by atoms with Crippen LogP contribution >= 0.6 is 0 Å². The average molecular weight is 1060 g/mol. The Morgan fingerprint density at radius 3 is 0.554 bits per heavy atom. The van der Waals surface area contributed by atoms with E-state index >= 15 is 0 Å². The summed E-state index contributed by atoms with van der Waals surface area (Å²) in [4.78, 5) is 40.7. The van der Waals surface area contributed by atoms with E-state index in [0.717, 1.165) is 209 Å². The van der Waals surface area contributed by atoms with Gasteiger partial charge in [0, 0.05) is 60.5 Å². The van der Waals surface area contributed by atoms with Crippen LogP contribution in [0.2, 0.25) is 38.8 Å². The topological polar surface area (TPSA) is 144 Å². The second-order valence-corrected chi connectivity index (χ2v) is 45.1. The van der Waals surface area contributed by atoms with Crippen molar-refractivity contribution in [3.63, 3.8) is 0 Å².